The van der Waals surface area contributed by atoms with Crippen LogP contribution in [0.1, 0.15) is 129 Å². The molecule has 2 aliphatic heterocycles. The van der Waals surface area contributed by atoms with Gasteiger partial charge in [-0.15, -0.1) is 0 Å². The van der Waals surface area contributed by atoms with Crippen LogP contribution in [0.2, 0.25) is 0 Å². The predicted molar refractivity (Wildman–Crippen MR) is 208 cm³/mol. The number of ether oxygens (including phenoxy) is 2. The molecule has 10 nitrogen and oxygen atoms in total. The molecule has 52 heavy (non-hydrogen) atoms. The highest BCUT2D eigenvalue weighted by Gasteiger charge is 2.35. The number of carbonyl (C=O) groups is 3. The third-order valence-electron chi connectivity index (χ3n) is 10.7. The van der Waals surface area contributed by atoms with Gasteiger partial charge in [0, 0.05) is 57.3 Å². The zero-order valence-corrected chi connectivity index (χ0v) is 31.8. The van der Waals surface area contributed by atoms with Crippen LogP contribution < -0.4 is 5.32 Å². The fourth-order valence-corrected chi connectivity index (χ4v) is 7.61. The van der Waals surface area contributed by atoms with Crippen molar-refractivity contribution >= 4 is 57.6 Å². The van der Waals surface area contributed by atoms with E-state index in [1.54, 1.807) is 0 Å². The summed E-state index contributed by atoms with van der Waals surface area (Å²) in [6.45, 7) is 17.9. The smallest absolute Gasteiger partial charge is 0.310 e. The van der Waals surface area contributed by atoms with Gasteiger partial charge in [-0.05, 0) is 86.9 Å². The number of carbonyl (C=O) groups excluding carboxylic acids is 3. The van der Waals surface area contributed by atoms with Crippen molar-refractivity contribution in [2.75, 3.05) is 20.3 Å². The molecule has 0 aliphatic carbocycles. The van der Waals surface area contributed by atoms with Crippen LogP contribution >= 0.6 is 0 Å². The van der Waals surface area contributed by atoms with Gasteiger partial charge in [0.1, 0.15) is 0 Å². The Bertz CT molecular complexity index is 2050. The highest BCUT2D eigenvalue weighted by molar-refractivity contribution is 6.27. The second-order valence-electron chi connectivity index (χ2n) is 13.9. The number of allylic oxidation sites excluding steroid dienone is 1. The van der Waals surface area contributed by atoms with Crippen LogP contribution in [0.3, 0.4) is 0 Å². The SMILES string of the molecule is C=Cc1c(C)c2cc3nc(c(CC(=O)OC)c4nc(cc5[nH]c(cc1[nH]2)c(C)c5CC)C(C)=C4C(=O)NCCCCCC)[C@@H](CCCOC=O)[C@@H]3C. The summed E-state index contributed by atoms with van der Waals surface area (Å²) in [5.74, 6) is -0.888. The second-order valence-corrected chi connectivity index (χ2v) is 13.9. The molecule has 0 saturated heterocycles. The number of aromatic amines is 2. The minimum Gasteiger partial charge on any atom is -0.469 e. The molecule has 0 spiro atoms. The number of hydrogen-bond acceptors (Lipinski definition) is 7. The maximum Gasteiger partial charge on any atom is 0.310 e. The average Bonchev–Trinajstić information content (AvgIpc) is 3.81. The number of unbranched alkanes of at least 4 members (excludes halogenated alkanes) is 3. The Morgan fingerprint density at radius 2 is 1.69 bits per heavy atom. The van der Waals surface area contributed by atoms with Crippen molar-refractivity contribution in [3.8, 4) is 0 Å². The van der Waals surface area contributed by atoms with E-state index in [4.69, 9.17) is 19.4 Å². The molecule has 0 aromatic carbocycles. The van der Waals surface area contributed by atoms with E-state index >= 15 is 0 Å². The number of nitrogens with zero attached hydrogens (tertiary/aromatic N) is 2. The van der Waals surface area contributed by atoms with Crippen LogP contribution in [0, 0.1) is 13.8 Å². The molecule has 8 bridgehead atoms. The molecule has 2 atom stereocenters. The van der Waals surface area contributed by atoms with Gasteiger partial charge in [-0.25, -0.2) is 4.98 Å². The van der Waals surface area contributed by atoms with Gasteiger partial charge in [-0.1, -0.05) is 52.7 Å². The summed E-state index contributed by atoms with van der Waals surface area (Å²) < 4.78 is 10.3. The van der Waals surface area contributed by atoms with Gasteiger partial charge < -0.3 is 24.8 Å². The molecule has 0 radical (unpaired) electrons. The van der Waals surface area contributed by atoms with E-state index in [1.807, 2.05) is 19.1 Å². The van der Waals surface area contributed by atoms with Crippen molar-refractivity contribution < 1.29 is 23.9 Å². The maximum absolute atomic E-state index is 14.2. The molecular formula is C42H53N5O5. The van der Waals surface area contributed by atoms with E-state index in [0.717, 1.165) is 87.7 Å². The first-order valence-corrected chi connectivity index (χ1v) is 18.6. The minimum atomic E-state index is -0.453. The van der Waals surface area contributed by atoms with Crippen molar-refractivity contribution in [2.24, 2.45) is 0 Å². The van der Waals surface area contributed by atoms with E-state index in [0.29, 0.717) is 54.1 Å². The number of nitrogens with one attached hydrogen (secondary N) is 3. The fourth-order valence-electron chi connectivity index (χ4n) is 7.61. The Morgan fingerprint density at radius 1 is 0.942 bits per heavy atom. The molecule has 3 aromatic rings. The lowest BCUT2D eigenvalue weighted by molar-refractivity contribution is -0.139. The van der Waals surface area contributed by atoms with E-state index in [-0.39, 0.29) is 30.8 Å². The molecule has 5 rings (SSSR count). The molecule has 0 fully saturated rings. The van der Waals surface area contributed by atoms with Crippen LogP contribution in [-0.4, -0.2) is 58.5 Å². The quantitative estimate of drug-likeness (QED) is 0.0820. The number of aromatic nitrogens is 4. The maximum atomic E-state index is 14.2. The molecule has 3 aromatic heterocycles. The molecule has 276 valence electrons. The van der Waals surface area contributed by atoms with Crippen molar-refractivity contribution in [2.45, 2.75) is 105 Å². The van der Waals surface area contributed by atoms with E-state index in [1.165, 1.54) is 7.11 Å². The number of fused-ring (bicyclic) bond motifs is 8. The van der Waals surface area contributed by atoms with Crippen LogP contribution in [0.15, 0.2) is 24.8 Å². The largest absolute Gasteiger partial charge is 0.469 e. The van der Waals surface area contributed by atoms with Crippen molar-refractivity contribution in [3.05, 3.63) is 75.4 Å². The van der Waals surface area contributed by atoms with Crippen LogP contribution in [0.5, 0.6) is 0 Å². The number of methoxy groups -OCH3 is 1. The highest BCUT2D eigenvalue weighted by atomic mass is 16.5. The molecule has 0 saturated carbocycles. The summed E-state index contributed by atoms with van der Waals surface area (Å²) in [5.41, 5.74) is 12.4. The monoisotopic (exact) mass is 707 g/mol. The lowest BCUT2D eigenvalue weighted by Gasteiger charge is -2.19. The van der Waals surface area contributed by atoms with Gasteiger partial charge in [0.2, 0.25) is 0 Å². The van der Waals surface area contributed by atoms with Crippen LogP contribution in [0.25, 0.3) is 39.3 Å². The Kier molecular flexibility index (Phi) is 12.5. The summed E-state index contributed by atoms with van der Waals surface area (Å²) >= 11 is 0. The number of esters is 1. The number of hydrogen-bond donors (Lipinski definition) is 3. The Balaban J connectivity index is 1.91. The standard InChI is InChI=1S/C42H53N5O5/c1-9-12-13-14-17-43-42(50)39-27(7)35-22-37-29(11-3)25(5)33(45-37)21-36-28(10-2)24(4)32(44-36)20-34-26(6)30(16-15-18-52-23-48)40(46-34)31(41(39)47-35)19-38(49)51-8/h10,20-23,26,30,44-45H,2,9,11-19H2,1,3-8H3,(H,43,50)/t26-,30-/m0/s1. The van der Waals surface area contributed by atoms with Crippen LogP contribution in [-0.2, 0) is 36.7 Å². The molecule has 10 heteroatoms. The Morgan fingerprint density at radius 3 is 2.38 bits per heavy atom. The second kappa shape index (κ2) is 17.0. The lowest BCUT2D eigenvalue weighted by Crippen LogP contribution is -2.26. The summed E-state index contributed by atoms with van der Waals surface area (Å²) in [5, 5.41) is 3.15. The zero-order valence-electron chi connectivity index (χ0n) is 31.8. The number of H-pyrrole nitrogens is 2. The van der Waals surface area contributed by atoms with E-state index < -0.39 is 5.97 Å². The average molecular weight is 708 g/mol. The first kappa shape index (κ1) is 38.2. The highest BCUT2D eigenvalue weighted by Crippen LogP contribution is 2.44. The molecule has 3 N–H and O–H groups in total. The van der Waals surface area contributed by atoms with Gasteiger partial charge in [-0.2, -0.15) is 0 Å². The third kappa shape index (κ3) is 7.76. The fraction of sp³-hybridized carbons (Fsp3) is 0.452. The lowest BCUT2D eigenvalue weighted by atomic mass is 9.84. The van der Waals surface area contributed by atoms with Gasteiger partial charge in [0.05, 0.1) is 42.8 Å². The van der Waals surface area contributed by atoms with Gasteiger partial charge >= 0.3 is 5.97 Å². The Hall–Kier alpha value is -4.99. The first-order chi connectivity index (χ1) is 25.1. The van der Waals surface area contributed by atoms with E-state index in [2.05, 4.69) is 68.6 Å². The molecule has 0 unspecified atom stereocenters. The third-order valence-corrected chi connectivity index (χ3v) is 10.7. The zero-order chi connectivity index (χ0) is 37.5. The molecule has 1 amide bonds. The Labute approximate surface area is 306 Å². The summed E-state index contributed by atoms with van der Waals surface area (Å²) in [7, 11) is 1.36. The van der Waals surface area contributed by atoms with Crippen molar-refractivity contribution in [3.63, 3.8) is 0 Å². The van der Waals surface area contributed by atoms with Gasteiger partial charge in [0.25, 0.3) is 12.4 Å². The van der Waals surface area contributed by atoms with Gasteiger partial charge in [0.15, 0.2) is 0 Å². The summed E-state index contributed by atoms with van der Waals surface area (Å²) in [6.07, 6.45) is 7.89. The molecule has 2 aliphatic rings. The number of rotatable bonds is 15. The predicted octanol–water partition coefficient (Wildman–Crippen LogP) is 8.32. The molecule has 5 heterocycles. The number of amides is 1. The van der Waals surface area contributed by atoms with Crippen molar-refractivity contribution in [1.29, 1.82) is 0 Å². The van der Waals surface area contributed by atoms with Crippen LogP contribution in [0.4, 0.5) is 0 Å². The number of aryl methyl sites for hydroxylation is 3. The first-order valence-electron chi connectivity index (χ1n) is 18.6. The topological polar surface area (TPSA) is 139 Å². The normalized spacial score (nSPS) is 15.4. The van der Waals surface area contributed by atoms with E-state index in [9.17, 15) is 14.4 Å². The summed E-state index contributed by atoms with van der Waals surface area (Å²) in [6, 6.07) is 6.22. The van der Waals surface area contributed by atoms with Gasteiger partial charge in [-0.3, -0.25) is 19.4 Å². The van der Waals surface area contributed by atoms with Crippen molar-refractivity contribution in [1.82, 2.24) is 25.3 Å². The summed E-state index contributed by atoms with van der Waals surface area (Å²) in [4.78, 5) is 56.1. The minimum absolute atomic E-state index is 0.0605. The molecular weight excluding hydrogens is 654 g/mol.